The fourth-order valence-electron chi connectivity index (χ4n) is 5.13. The summed E-state index contributed by atoms with van der Waals surface area (Å²) in [7, 11) is 3.57. The molecule has 42 heavy (non-hydrogen) atoms. The monoisotopic (exact) mass is 580 g/mol. The number of piperidine rings is 1. The molecule has 0 spiro atoms. The van der Waals surface area contributed by atoms with Crippen molar-refractivity contribution in [1.82, 2.24) is 19.8 Å². The first-order valence-corrected chi connectivity index (χ1v) is 13.7. The molecule has 4 rings (SSSR count). The third-order valence-electron chi connectivity index (χ3n) is 7.55. The van der Waals surface area contributed by atoms with Crippen LogP contribution in [0.2, 0.25) is 0 Å². The predicted molar refractivity (Wildman–Crippen MR) is 155 cm³/mol. The van der Waals surface area contributed by atoms with Crippen LogP contribution in [0.15, 0.2) is 36.7 Å². The lowest BCUT2D eigenvalue weighted by Gasteiger charge is -2.35. The number of nitriles is 1. The Kier molecular flexibility index (Phi) is 9.03. The summed E-state index contributed by atoms with van der Waals surface area (Å²) in [6.07, 6.45) is -2.58. The minimum Gasteiger partial charge on any atom is -0.495 e. The molecule has 1 fully saturated rings. The molecule has 11 heteroatoms. The van der Waals surface area contributed by atoms with Gasteiger partial charge in [0.15, 0.2) is 0 Å². The van der Waals surface area contributed by atoms with Crippen molar-refractivity contribution in [2.45, 2.75) is 51.4 Å². The van der Waals surface area contributed by atoms with E-state index >= 15 is 0 Å². The normalized spacial score (nSPS) is 17.7. The maximum Gasteiger partial charge on any atom is 0.406 e. The van der Waals surface area contributed by atoms with Gasteiger partial charge >= 0.3 is 6.18 Å². The summed E-state index contributed by atoms with van der Waals surface area (Å²) in [4.78, 5) is 19.8. The maximum absolute atomic E-state index is 13.4. The number of hydrogen-bond donors (Lipinski definition) is 2. The summed E-state index contributed by atoms with van der Waals surface area (Å²) in [5.74, 6) is 6.37. The van der Waals surface area contributed by atoms with Gasteiger partial charge in [-0.3, -0.25) is 4.79 Å². The van der Waals surface area contributed by atoms with Crippen LogP contribution < -0.4 is 15.4 Å². The zero-order valence-corrected chi connectivity index (χ0v) is 24.4. The Morgan fingerprint density at radius 1 is 1.24 bits per heavy atom. The highest BCUT2D eigenvalue weighted by atomic mass is 19.4. The second-order valence-electron chi connectivity index (χ2n) is 11.3. The zero-order chi connectivity index (χ0) is 30.7. The minimum absolute atomic E-state index is 0.0586. The van der Waals surface area contributed by atoms with Crippen LogP contribution in [-0.4, -0.2) is 66.4 Å². The van der Waals surface area contributed by atoms with Gasteiger partial charge in [-0.05, 0) is 69.6 Å². The van der Waals surface area contributed by atoms with Gasteiger partial charge in [0.25, 0.3) is 5.91 Å². The van der Waals surface area contributed by atoms with Crippen molar-refractivity contribution in [3.8, 4) is 23.7 Å². The van der Waals surface area contributed by atoms with Crippen LogP contribution in [0.4, 0.5) is 18.9 Å². The van der Waals surface area contributed by atoms with E-state index in [1.807, 2.05) is 33.0 Å². The second kappa shape index (κ2) is 12.3. The molecular weight excluding hydrogens is 545 g/mol. The molecule has 3 aromatic rings. The molecule has 2 aromatic carbocycles. The van der Waals surface area contributed by atoms with E-state index in [0.29, 0.717) is 17.0 Å². The number of halogens is 3. The van der Waals surface area contributed by atoms with E-state index < -0.39 is 18.1 Å². The molecule has 1 aliphatic heterocycles. The lowest BCUT2D eigenvalue weighted by atomic mass is 9.86. The number of aromatic nitrogens is 2. The quantitative estimate of drug-likeness (QED) is 0.385. The molecule has 1 saturated heterocycles. The van der Waals surface area contributed by atoms with Crippen LogP contribution in [0.25, 0.3) is 11.0 Å². The van der Waals surface area contributed by atoms with Gasteiger partial charge < -0.3 is 24.8 Å². The molecule has 0 aliphatic carbocycles. The summed E-state index contributed by atoms with van der Waals surface area (Å²) in [5, 5.41) is 15.8. The number of amides is 1. The summed E-state index contributed by atoms with van der Waals surface area (Å²) >= 11 is 0. The van der Waals surface area contributed by atoms with Crippen molar-refractivity contribution >= 4 is 22.6 Å². The predicted octanol–water partition coefficient (Wildman–Crippen LogP) is 4.94. The Balaban J connectivity index is 1.63. The lowest BCUT2D eigenvalue weighted by Crippen LogP contribution is -2.48. The van der Waals surface area contributed by atoms with E-state index in [2.05, 4.69) is 45.4 Å². The smallest absolute Gasteiger partial charge is 0.406 e. The van der Waals surface area contributed by atoms with E-state index in [4.69, 9.17) is 4.74 Å². The van der Waals surface area contributed by atoms with Crippen LogP contribution in [-0.2, 0) is 12.0 Å². The number of nitrogens with zero attached hydrogens (tertiary/aromatic N) is 4. The topological polar surface area (TPSA) is 95.2 Å². The molecule has 1 aliphatic rings. The van der Waals surface area contributed by atoms with Crippen LogP contribution in [0.1, 0.15) is 48.7 Å². The van der Waals surface area contributed by atoms with Gasteiger partial charge in [0.2, 0.25) is 0 Å². The largest absolute Gasteiger partial charge is 0.495 e. The molecule has 222 valence electrons. The molecule has 0 saturated carbocycles. The SMILES string of the molecule is COc1ccc(C(C)(C)C#N)cc1NCC#Cc1cc(C(=O)N[C@H]2CCN(C)C[C@@H]2C)c2ncn(CC(F)(F)F)c2c1. The summed E-state index contributed by atoms with van der Waals surface area (Å²) in [5.41, 5.74) is 1.71. The third kappa shape index (κ3) is 7.15. The Morgan fingerprint density at radius 2 is 2.00 bits per heavy atom. The number of ether oxygens (including phenoxy) is 1. The van der Waals surface area contributed by atoms with E-state index in [-0.39, 0.29) is 41.0 Å². The summed E-state index contributed by atoms with van der Waals surface area (Å²) < 4.78 is 46.3. The summed E-state index contributed by atoms with van der Waals surface area (Å²) in [6, 6.07) is 10.8. The van der Waals surface area contributed by atoms with Crippen molar-refractivity contribution in [1.29, 1.82) is 5.26 Å². The van der Waals surface area contributed by atoms with Gasteiger partial charge in [-0.15, -0.1) is 0 Å². The first-order chi connectivity index (χ1) is 19.8. The highest BCUT2D eigenvalue weighted by molar-refractivity contribution is 6.05. The lowest BCUT2D eigenvalue weighted by molar-refractivity contribution is -0.139. The zero-order valence-electron chi connectivity index (χ0n) is 24.4. The van der Waals surface area contributed by atoms with E-state index in [1.54, 1.807) is 19.2 Å². The molecule has 8 nitrogen and oxygen atoms in total. The average Bonchev–Trinajstić information content (AvgIpc) is 3.32. The Labute approximate surface area is 243 Å². The van der Waals surface area contributed by atoms with E-state index in [9.17, 15) is 23.2 Å². The third-order valence-corrected chi connectivity index (χ3v) is 7.55. The van der Waals surface area contributed by atoms with Crippen molar-refractivity contribution in [3.63, 3.8) is 0 Å². The summed E-state index contributed by atoms with van der Waals surface area (Å²) in [6.45, 7) is 6.32. The Bertz CT molecular complexity index is 1560. The number of likely N-dealkylation sites (tertiary alicyclic amines) is 1. The highest BCUT2D eigenvalue weighted by Gasteiger charge is 2.30. The molecular formula is C31H35F3N6O2. The number of imidazole rings is 1. The van der Waals surface area contributed by atoms with Crippen molar-refractivity contribution < 1.29 is 22.7 Å². The maximum atomic E-state index is 13.4. The molecule has 2 N–H and O–H groups in total. The number of rotatable bonds is 7. The first-order valence-electron chi connectivity index (χ1n) is 13.7. The second-order valence-corrected chi connectivity index (χ2v) is 11.3. The van der Waals surface area contributed by atoms with Crippen LogP contribution >= 0.6 is 0 Å². The van der Waals surface area contributed by atoms with E-state index in [1.165, 1.54) is 6.07 Å². The van der Waals surface area contributed by atoms with Crippen molar-refractivity contribution in [2.24, 2.45) is 5.92 Å². The van der Waals surface area contributed by atoms with Crippen LogP contribution in [0.3, 0.4) is 0 Å². The Hall–Kier alpha value is -4.22. The molecule has 0 bridgehead atoms. The fraction of sp³-hybridized carbons (Fsp3) is 0.452. The molecule has 2 heterocycles. The van der Waals surface area contributed by atoms with Gasteiger partial charge in [0.05, 0.1) is 48.2 Å². The molecule has 0 unspecified atom stereocenters. The number of methoxy groups -OCH3 is 1. The highest BCUT2D eigenvalue weighted by Crippen LogP contribution is 2.31. The number of hydrogen-bond acceptors (Lipinski definition) is 6. The standard InChI is InChI=1S/C31H35F3N6O2/c1-20-16-39(4)12-10-24(20)38-29(41)23-13-21(14-26-28(23)37-19-40(26)18-31(32,33)34)7-6-11-36-25-15-22(30(2,3)17-35)8-9-27(25)42-5/h8-9,13-15,19-20,24,36H,10-12,16,18H2,1-5H3,(H,38,41)/t20-,24-/m0/s1. The number of benzene rings is 2. The van der Waals surface area contributed by atoms with Gasteiger partial charge in [-0.1, -0.05) is 24.8 Å². The number of carbonyl (C=O) groups excluding carboxylic acids is 1. The van der Waals surface area contributed by atoms with Gasteiger partial charge in [-0.2, -0.15) is 18.4 Å². The molecule has 1 amide bonds. The minimum atomic E-state index is -4.46. The number of anilines is 1. The molecule has 0 radical (unpaired) electrons. The van der Waals surface area contributed by atoms with E-state index in [0.717, 1.165) is 36.0 Å². The number of carbonyl (C=O) groups is 1. The van der Waals surface area contributed by atoms with Gasteiger partial charge in [0, 0.05) is 18.2 Å². The van der Waals surface area contributed by atoms with Gasteiger partial charge in [0.1, 0.15) is 17.8 Å². The molecule has 2 atom stereocenters. The Morgan fingerprint density at radius 3 is 2.67 bits per heavy atom. The molecule has 1 aromatic heterocycles. The van der Waals surface area contributed by atoms with Crippen LogP contribution in [0.5, 0.6) is 5.75 Å². The first kappa shape index (κ1) is 30.7. The average molecular weight is 581 g/mol. The number of alkyl halides is 3. The number of fused-ring (bicyclic) bond motifs is 1. The number of nitrogens with one attached hydrogen (secondary N) is 2. The van der Waals surface area contributed by atoms with Crippen molar-refractivity contribution in [2.75, 3.05) is 39.1 Å². The van der Waals surface area contributed by atoms with Gasteiger partial charge in [-0.25, -0.2) is 4.98 Å². The van der Waals surface area contributed by atoms with Crippen molar-refractivity contribution in [3.05, 3.63) is 53.3 Å². The fourth-order valence-corrected chi connectivity index (χ4v) is 5.13. The van der Waals surface area contributed by atoms with Crippen LogP contribution in [0, 0.1) is 29.1 Å².